The SMILES string of the molecule is COc1nn(C)cc1C(=O)N1CCN(CCNC(=O)c2ccc(Br)o2)CC1. The number of amides is 2. The van der Waals surface area contributed by atoms with Crippen molar-refractivity contribution >= 4 is 27.7 Å². The van der Waals surface area contributed by atoms with Gasteiger partial charge in [-0.05, 0) is 28.1 Å². The van der Waals surface area contributed by atoms with Crippen molar-refractivity contribution in [3.8, 4) is 5.88 Å². The molecule has 2 aromatic heterocycles. The van der Waals surface area contributed by atoms with E-state index in [0.717, 1.165) is 13.1 Å². The van der Waals surface area contributed by atoms with Gasteiger partial charge in [-0.15, -0.1) is 5.10 Å². The molecule has 1 fully saturated rings. The van der Waals surface area contributed by atoms with Crippen LogP contribution in [0.4, 0.5) is 0 Å². The van der Waals surface area contributed by atoms with Crippen molar-refractivity contribution in [2.45, 2.75) is 0 Å². The van der Waals surface area contributed by atoms with E-state index in [0.29, 0.717) is 42.3 Å². The molecule has 9 nitrogen and oxygen atoms in total. The summed E-state index contributed by atoms with van der Waals surface area (Å²) < 4.78 is 12.5. The maximum Gasteiger partial charge on any atom is 0.287 e. The van der Waals surface area contributed by atoms with Crippen LogP contribution in [-0.2, 0) is 7.05 Å². The lowest BCUT2D eigenvalue weighted by atomic mass is 10.2. The first kappa shape index (κ1) is 19.4. The number of nitrogens with zero attached hydrogens (tertiary/aromatic N) is 4. The van der Waals surface area contributed by atoms with E-state index in [1.165, 1.54) is 7.11 Å². The number of furan rings is 1. The largest absolute Gasteiger partial charge is 0.479 e. The summed E-state index contributed by atoms with van der Waals surface area (Å²) in [6.07, 6.45) is 1.68. The van der Waals surface area contributed by atoms with E-state index in [9.17, 15) is 9.59 Å². The molecule has 3 rings (SSSR count). The van der Waals surface area contributed by atoms with Crippen LogP contribution < -0.4 is 10.1 Å². The number of ether oxygens (including phenoxy) is 1. The molecular weight excluding hydrogens is 418 g/mol. The number of aryl methyl sites for hydroxylation is 1. The predicted octanol–water partition coefficient (Wildman–Crippen LogP) is 0.972. The van der Waals surface area contributed by atoms with Gasteiger partial charge in [0.25, 0.3) is 11.8 Å². The van der Waals surface area contributed by atoms with E-state index >= 15 is 0 Å². The monoisotopic (exact) mass is 439 g/mol. The van der Waals surface area contributed by atoms with Crippen molar-refractivity contribution in [3.05, 3.63) is 34.3 Å². The fraction of sp³-hybridized carbons (Fsp3) is 0.471. The molecule has 0 saturated carbocycles. The molecule has 2 aromatic rings. The first-order chi connectivity index (χ1) is 13.0. The van der Waals surface area contributed by atoms with Crippen molar-refractivity contribution in [2.24, 2.45) is 7.05 Å². The van der Waals surface area contributed by atoms with E-state index in [-0.39, 0.29) is 17.6 Å². The Morgan fingerprint density at radius 2 is 2.04 bits per heavy atom. The van der Waals surface area contributed by atoms with Gasteiger partial charge in [0.05, 0.1) is 7.11 Å². The quantitative estimate of drug-likeness (QED) is 0.720. The molecule has 1 aliphatic heterocycles. The minimum atomic E-state index is -0.238. The topological polar surface area (TPSA) is 92.8 Å². The standard InChI is InChI=1S/C17H22BrN5O4/c1-21-11-12(16(20-21)26-2)17(25)23-9-7-22(8-10-23)6-5-19-15(24)13-3-4-14(18)27-13/h3-4,11H,5-10H2,1-2H3,(H,19,24). The average Bonchev–Trinajstić information content (AvgIpc) is 3.27. The average molecular weight is 440 g/mol. The highest BCUT2D eigenvalue weighted by molar-refractivity contribution is 9.10. The Labute approximate surface area is 165 Å². The van der Waals surface area contributed by atoms with E-state index in [1.807, 2.05) is 0 Å². The molecule has 10 heteroatoms. The van der Waals surface area contributed by atoms with Crippen LogP contribution in [0.15, 0.2) is 27.4 Å². The number of methoxy groups -OCH3 is 1. The zero-order valence-electron chi connectivity index (χ0n) is 15.3. The van der Waals surface area contributed by atoms with Gasteiger partial charge in [0.15, 0.2) is 10.4 Å². The molecule has 0 atom stereocenters. The smallest absolute Gasteiger partial charge is 0.287 e. The highest BCUT2D eigenvalue weighted by Crippen LogP contribution is 2.18. The van der Waals surface area contributed by atoms with E-state index in [4.69, 9.17) is 9.15 Å². The Hall–Kier alpha value is -2.33. The van der Waals surface area contributed by atoms with E-state index < -0.39 is 0 Å². The third kappa shape index (κ3) is 4.69. The number of rotatable bonds is 6. The number of carbonyl (C=O) groups is 2. The van der Waals surface area contributed by atoms with Crippen LogP contribution in [0.25, 0.3) is 0 Å². The van der Waals surface area contributed by atoms with Gasteiger partial charge in [-0.2, -0.15) is 0 Å². The number of hydrogen-bond acceptors (Lipinski definition) is 6. The van der Waals surface area contributed by atoms with E-state index in [1.54, 1.807) is 35.0 Å². The molecule has 1 N–H and O–H groups in total. The van der Waals surface area contributed by atoms with Gasteiger partial charge < -0.3 is 19.4 Å². The zero-order chi connectivity index (χ0) is 19.4. The van der Waals surface area contributed by atoms with Crippen LogP contribution in [0, 0.1) is 0 Å². The first-order valence-corrected chi connectivity index (χ1v) is 9.40. The molecule has 146 valence electrons. The maximum atomic E-state index is 12.7. The highest BCUT2D eigenvalue weighted by Gasteiger charge is 2.26. The predicted molar refractivity (Wildman–Crippen MR) is 101 cm³/mol. The second-order valence-electron chi connectivity index (χ2n) is 6.22. The number of nitrogens with one attached hydrogen (secondary N) is 1. The molecule has 0 radical (unpaired) electrons. The molecule has 27 heavy (non-hydrogen) atoms. The van der Waals surface area contributed by atoms with Gasteiger partial charge in [0.1, 0.15) is 5.56 Å². The van der Waals surface area contributed by atoms with Gasteiger partial charge in [-0.25, -0.2) is 0 Å². The molecule has 3 heterocycles. The number of carbonyl (C=O) groups excluding carboxylic acids is 2. The lowest BCUT2D eigenvalue weighted by Gasteiger charge is -2.34. The van der Waals surface area contributed by atoms with Crippen molar-refractivity contribution in [1.29, 1.82) is 0 Å². The van der Waals surface area contributed by atoms with Crippen LogP contribution in [0.1, 0.15) is 20.9 Å². The second-order valence-corrected chi connectivity index (χ2v) is 7.00. The fourth-order valence-corrected chi connectivity index (χ4v) is 3.27. The molecule has 0 unspecified atom stereocenters. The van der Waals surface area contributed by atoms with Gasteiger partial charge >= 0.3 is 0 Å². The van der Waals surface area contributed by atoms with Gasteiger partial charge in [0, 0.05) is 52.5 Å². The lowest BCUT2D eigenvalue weighted by Crippen LogP contribution is -2.50. The molecule has 0 spiro atoms. The Bertz CT molecular complexity index is 810. The summed E-state index contributed by atoms with van der Waals surface area (Å²) in [6.45, 7) is 3.96. The molecule has 0 bridgehead atoms. The van der Waals surface area contributed by atoms with Gasteiger partial charge in [0.2, 0.25) is 5.88 Å². The van der Waals surface area contributed by atoms with Crippen LogP contribution in [0.3, 0.4) is 0 Å². The van der Waals surface area contributed by atoms with Crippen molar-refractivity contribution in [1.82, 2.24) is 24.9 Å². The van der Waals surface area contributed by atoms with Gasteiger partial charge in [-0.3, -0.25) is 19.2 Å². The van der Waals surface area contributed by atoms with E-state index in [2.05, 4.69) is 31.2 Å². The summed E-state index contributed by atoms with van der Waals surface area (Å²) in [5.74, 6) is 0.314. The minimum Gasteiger partial charge on any atom is -0.479 e. The maximum absolute atomic E-state index is 12.7. The number of aromatic nitrogens is 2. The zero-order valence-corrected chi connectivity index (χ0v) is 16.9. The summed E-state index contributed by atoms with van der Waals surface area (Å²) in [6, 6.07) is 3.30. The van der Waals surface area contributed by atoms with Crippen LogP contribution in [0.2, 0.25) is 0 Å². The molecule has 0 aliphatic carbocycles. The first-order valence-electron chi connectivity index (χ1n) is 8.60. The third-order valence-corrected chi connectivity index (χ3v) is 4.81. The number of piperazine rings is 1. The summed E-state index contributed by atoms with van der Waals surface area (Å²) in [5.41, 5.74) is 0.477. The fourth-order valence-electron chi connectivity index (χ4n) is 2.96. The Balaban J connectivity index is 1.43. The Morgan fingerprint density at radius 1 is 1.30 bits per heavy atom. The highest BCUT2D eigenvalue weighted by atomic mass is 79.9. The molecule has 0 aromatic carbocycles. The number of halogens is 1. The summed E-state index contributed by atoms with van der Waals surface area (Å²) in [4.78, 5) is 28.6. The summed E-state index contributed by atoms with van der Waals surface area (Å²) >= 11 is 3.18. The molecular formula is C17H22BrN5O4. The number of hydrogen-bond donors (Lipinski definition) is 1. The lowest BCUT2D eigenvalue weighted by molar-refractivity contribution is 0.0634. The van der Waals surface area contributed by atoms with Crippen molar-refractivity contribution in [2.75, 3.05) is 46.4 Å². The minimum absolute atomic E-state index is 0.0729. The molecule has 2 amide bonds. The Morgan fingerprint density at radius 3 is 2.67 bits per heavy atom. The van der Waals surface area contributed by atoms with Crippen LogP contribution in [0.5, 0.6) is 5.88 Å². The molecule has 1 aliphatic rings. The van der Waals surface area contributed by atoms with Crippen LogP contribution in [-0.4, -0.2) is 77.8 Å². The molecule has 1 saturated heterocycles. The van der Waals surface area contributed by atoms with Gasteiger partial charge in [-0.1, -0.05) is 0 Å². The van der Waals surface area contributed by atoms with Crippen molar-refractivity contribution < 1.29 is 18.7 Å². The summed E-state index contributed by atoms with van der Waals surface area (Å²) in [5, 5.41) is 6.96. The van der Waals surface area contributed by atoms with Crippen LogP contribution >= 0.6 is 15.9 Å². The summed E-state index contributed by atoms with van der Waals surface area (Å²) in [7, 11) is 3.26. The third-order valence-electron chi connectivity index (χ3n) is 4.39. The normalized spacial score (nSPS) is 15.0. The Kier molecular flexibility index (Phi) is 6.17. The van der Waals surface area contributed by atoms with Crippen molar-refractivity contribution in [3.63, 3.8) is 0 Å². The second kappa shape index (κ2) is 8.57.